The molecular weight excluding hydrogens is 804 g/mol. The van der Waals surface area contributed by atoms with Crippen LogP contribution in [0.3, 0.4) is 0 Å². The number of esters is 1. The summed E-state index contributed by atoms with van der Waals surface area (Å²) in [5.74, 6) is -4.90. The number of phenolic OH excluding ortho intramolecular Hbond substituents is 2. The van der Waals surface area contributed by atoms with E-state index in [2.05, 4.69) is 0 Å². The van der Waals surface area contributed by atoms with Crippen LogP contribution >= 0.6 is 0 Å². The highest BCUT2D eigenvalue weighted by atomic mass is 16.7. The molecule has 0 aliphatic carbocycles. The van der Waals surface area contributed by atoms with Gasteiger partial charge in [-0.2, -0.15) is 0 Å². The monoisotopic (exact) mass is 844 g/mol. The fraction of sp³-hybridized carbons (Fsp3) is 0.279. The Kier molecular flexibility index (Phi) is 11.7. The minimum atomic E-state index is -2.77. The molecule has 320 valence electrons. The van der Waals surface area contributed by atoms with Crippen LogP contribution < -0.4 is 29.8 Å². The molecule has 1 saturated heterocycles. The largest absolute Gasteiger partial charge is 0.507 e. The molecule has 1 aliphatic rings. The normalized spacial score (nSPS) is 19.9. The van der Waals surface area contributed by atoms with Gasteiger partial charge in [0.05, 0.1) is 53.1 Å². The molecule has 0 amide bonds. The number of carbonyl (C=O) groups is 1. The molecule has 4 aromatic carbocycles. The summed E-state index contributed by atoms with van der Waals surface area (Å²) >= 11 is 0. The number of aromatic hydroxyl groups is 2. The van der Waals surface area contributed by atoms with Gasteiger partial charge in [0.15, 0.2) is 16.4 Å². The summed E-state index contributed by atoms with van der Waals surface area (Å²) in [6, 6.07) is 16.8. The SMILES string of the molecule is COC(=O)[C@@]1(Oc2cc(O)c3c(=O)cc(-c4ccc(OC)cc4)oc3c2-c2cc(-c3cc(=O)c4c(O)cc(OC)cc4o3)ccc2OC)C[C@H](O)[C@@H](O)[C@H]([C@H](O)[C@H](O)CO)O1. The van der Waals surface area contributed by atoms with Crippen molar-refractivity contribution in [1.29, 1.82) is 0 Å². The first-order chi connectivity index (χ1) is 29.2. The Balaban J connectivity index is 1.53. The van der Waals surface area contributed by atoms with Gasteiger partial charge in [-0.25, -0.2) is 4.79 Å². The van der Waals surface area contributed by atoms with Crippen molar-refractivity contribution in [2.24, 2.45) is 0 Å². The fourth-order valence-electron chi connectivity index (χ4n) is 7.21. The number of aliphatic hydroxyl groups excluding tert-OH is 5. The van der Waals surface area contributed by atoms with Crippen LogP contribution in [-0.4, -0.2) is 113 Å². The Hall–Kier alpha value is -6.67. The number of ether oxygens (including phenoxy) is 6. The molecule has 1 aliphatic heterocycles. The van der Waals surface area contributed by atoms with Gasteiger partial charge in [0, 0.05) is 47.0 Å². The topological polar surface area (TPSA) is 274 Å². The van der Waals surface area contributed by atoms with Gasteiger partial charge in [-0.05, 0) is 42.5 Å². The minimum absolute atomic E-state index is 0.00123. The number of fused-ring (bicyclic) bond motifs is 2. The lowest BCUT2D eigenvalue weighted by Gasteiger charge is -2.45. The smallest absolute Gasteiger partial charge is 0.379 e. The van der Waals surface area contributed by atoms with E-state index in [1.807, 2.05) is 0 Å². The van der Waals surface area contributed by atoms with E-state index >= 15 is 0 Å². The van der Waals surface area contributed by atoms with Crippen molar-refractivity contribution in [3.05, 3.63) is 93.2 Å². The van der Waals surface area contributed by atoms with E-state index in [0.29, 0.717) is 11.3 Å². The van der Waals surface area contributed by atoms with E-state index in [-0.39, 0.29) is 67.4 Å². The van der Waals surface area contributed by atoms with E-state index in [9.17, 15) is 50.1 Å². The van der Waals surface area contributed by atoms with Crippen LogP contribution in [0.15, 0.2) is 91.2 Å². The Morgan fingerprint density at radius 3 is 2.05 bits per heavy atom. The third-order valence-corrected chi connectivity index (χ3v) is 10.3. The number of carbonyl (C=O) groups excluding carboxylic acids is 1. The fourth-order valence-corrected chi connectivity index (χ4v) is 7.21. The van der Waals surface area contributed by atoms with E-state index in [0.717, 1.165) is 25.3 Å². The Labute approximate surface area is 344 Å². The molecule has 6 atom stereocenters. The predicted octanol–water partition coefficient (Wildman–Crippen LogP) is 2.81. The lowest BCUT2D eigenvalue weighted by atomic mass is 9.90. The van der Waals surface area contributed by atoms with Gasteiger partial charge in [0.2, 0.25) is 0 Å². The van der Waals surface area contributed by atoms with Gasteiger partial charge in [0.25, 0.3) is 0 Å². The summed E-state index contributed by atoms with van der Waals surface area (Å²) in [6.07, 6.45) is -10.7. The second-order valence-corrected chi connectivity index (χ2v) is 14.0. The third-order valence-electron chi connectivity index (χ3n) is 10.3. The van der Waals surface area contributed by atoms with Crippen molar-refractivity contribution < 1.29 is 77.8 Å². The van der Waals surface area contributed by atoms with Crippen LogP contribution in [0.4, 0.5) is 0 Å². The lowest BCUT2D eigenvalue weighted by molar-refractivity contribution is -0.304. The Morgan fingerprint density at radius 1 is 0.770 bits per heavy atom. The summed E-state index contributed by atoms with van der Waals surface area (Å²) < 4.78 is 46.0. The molecule has 7 rings (SSSR count). The summed E-state index contributed by atoms with van der Waals surface area (Å²) in [6.45, 7) is -1.00. The molecule has 0 radical (unpaired) electrons. The van der Waals surface area contributed by atoms with E-state index < -0.39 is 77.7 Å². The van der Waals surface area contributed by atoms with Crippen molar-refractivity contribution >= 4 is 27.9 Å². The van der Waals surface area contributed by atoms with Crippen LogP contribution in [0.5, 0.6) is 34.5 Å². The molecule has 18 heteroatoms. The van der Waals surface area contributed by atoms with Gasteiger partial charge < -0.3 is 73.0 Å². The van der Waals surface area contributed by atoms with E-state index in [4.69, 9.17) is 37.3 Å². The van der Waals surface area contributed by atoms with Crippen molar-refractivity contribution in [3.63, 3.8) is 0 Å². The van der Waals surface area contributed by atoms with Gasteiger partial charge in [-0.1, -0.05) is 0 Å². The number of methoxy groups -OCH3 is 4. The predicted molar refractivity (Wildman–Crippen MR) is 214 cm³/mol. The maximum absolute atomic E-state index is 14.0. The molecule has 18 nitrogen and oxygen atoms in total. The molecule has 0 saturated carbocycles. The number of rotatable bonds is 12. The van der Waals surface area contributed by atoms with Crippen LogP contribution in [0.1, 0.15) is 6.42 Å². The highest BCUT2D eigenvalue weighted by Crippen LogP contribution is 2.49. The Morgan fingerprint density at radius 2 is 1.41 bits per heavy atom. The minimum Gasteiger partial charge on any atom is -0.507 e. The molecule has 2 aromatic heterocycles. The first kappa shape index (κ1) is 42.5. The zero-order chi connectivity index (χ0) is 43.9. The van der Waals surface area contributed by atoms with Crippen molar-refractivity contribution in [1.82, 2.24) is 0 Å². The van der Waals surface area contributed by atoms with Crippen LogP contribution in [0, 0.1) is 0 Å². The van der Waals surface area contributed by atoms with Crippen LogP contribution in [0.25, 0.3) is 55.7 Å². The second-order valence-electron chi connectivity index (χ2n) is 14.0. The molecule has 61 heavy (non-hydrogen) atoms. The highest BCUT2D eigenvalue weighted by Gasteiger charge is 2.57. The number of aliphatic hydroxyl groups is 5. The number of hydrogen-bond acceptors (Lipinski definition) is 18. The second kappa shape index (κ2) is 16.8. The molecule has 6 aromatic rings. The summed E-state index contributed by atoms with van der Waals surface area (Å²) in [7, 11) is 5.12. The standard InChI is InChI=1S/C43H40O18/c1-54-21-8-5-19(6-9-21)31-15-26(47)37-27(48)16-34(60-43(42(53)57-4)17-28(49)38(51)41(61-43)39(52)29(50)18-44)35(40(37)59-31)23-11-20(7-10-30(23)56-3)32-14-25(46)36-24(45)12-22(55-2)13-33(36)58-32/h5-16,28-29,38-39,41,44-45,48-52H,17-18H2,1-4H3/t28-,29+,38+,39+,41+,43+/m0/s1. The van der Waals surface area contributed by atoms with Gasteiger partial charge in [0.1, 0.15) is 86.8 Å². The summed E-state index contributed by atoms with van der Waals surface area (Å²) in [5, 5.41) is 74.3. The first-order valence-electron chi connectivity index (χ1n) is 18.5. The summed E-state index contributed by atoms with van der Waals surface area (Å²) in [5.41, 5.74) is -1.22. The van der Waals surface area contributed by atoms with Crippen LogP contribution in [0.2, 0.25) is 0 Å². The average Bonchev–Trinajstić information content (AvgIpc) is 3.25. The van der Waals surface area contributed by atoms with Gasteiger partial charge in [-0.15, -0.1) is 0 Å². The molecule has 1 fully saturated rings. The zero-order valence-corrected chi connectivity index (χ0v) is 32.9. The zero-order valence-electron chi connectivity index (χ0n) is 32.9. The molecule has 0 spiro atoms. The highest BCUT2D eigenvalue weighted by molar-refractivity contribution is 6.02. The number of phenols is 2. The quantitative estimate of drug-likeness (QED) is 0.0873. The number of benzene rings is 4. The van der Waals surface area contributed by atoms with E-state index in [1.165, 1.54) is 51.7 Å². The maximum Gasteiger partial charge on any atom is 0.379 e. The summed E-state index contributed by atoms with van der Waals surface area (Å²) in [4.78, 5) is 41.1. The lowest BCUT2D eigenvalue weighted by Crippen LogP contribution is -2.65. The van der Waals surface area contributed by atoms with Crippen molar-refractivity contribution in [2.75, 3.05) is 35.0 Å². The molecular formula is C43H40O18. The average molecular weight is 845 g/mol. The molecule has 7 N–H and O–H groups in total. The van der Waals surface area contributed by atoms with Crippen molar-refractivity contribution in [2.45, 2.75) is 42.7 Å². The van der Waals surface area contributed by atoms with Crippen molar-refractivity contribution in [3.8, 4) is 68.3 Å². The van der Waals surface area contributed by atoms with Gasteiger partial charge in [-0.3, -0.25) is 9.59 Å². The molecule has 0 unspecified atom stereocenters. The van der Waals surface area contributed by atoms with E-state index in [1.54, 1.807) is 24.3 Å². The molecule has 3 heterocycles. The van der Waals surface area contributed by atoms with Gasteiger partial charge >= 0.3 is 11.8 Å². The Bertz CT molecular complexity index is 2740. The van der Waals surface area contributed by atoms with Crippen LogP contribution in [-0.2, 0) is 14.3 Å². The maximum atomic E-state index is 14.0. The number of hydrogen-bond donors (Lipinski definition) is 7. The first-order valence-corrected chi connectivity index (χ1v) is 18.5. The molecule has 0 bridgehead atoms. The third kappa shape index (κ3) is 7.67.